The molecule has 2 nitrogen and oxygen atoms in total. The Bertz CT molecular complexity index is 125. The molecule has 0 aliphatic carbocycles. The topological polar surface area (TPSA) is 29.3 Å². The summed E-state index contributed by atoms with van der Waals surface area (Å²) in [7, 11) is 0. The van der Waals surface area contributed by atoms with E-state index in [4.69, 9.17) is 5.73 Å². The predicted molar refractivity (Wildman–Crippen MR) is 64.5 cm³/mol. The van der Waals surface area contributed by atoms with E-state index in [1.807, 2.05) is 0 Å². The largest absolute Gasteiger partial charge is 0.329 e. The van der Waals surface area contributed by atoms with Crippen molar-refractivity contribution in [3.05, 3.63) is 0 Å². The van der Waals surface area contributed by atoms with Crippen molar-refractivity contribution in [2.45, 2.75) is 53.0 Å². The highest BCUT2D eigenvalue weighted by Crippen LogP contribution is 2.15. The summed E-state index contributed by atoms with van der Waals surface area (Å²) in [6.07, 6.45) is 3.78. The molecule has 0 amide bonds. The van der Waals surface area contributed by atoms with Crippen molar-refractivity contribution >= 4 is 0 Å². The van der Waals surface area contributed by atoms with E-state index in [1.165, 1.54) is 25.8 Å². The van der Waals surface area contributed by atoms with Crippen LogP contribution in [0.25, 0.3) is 0 Å². The molecule has 0 aromatic heterocycles. The van der Waals surface area contributed by atoms with Gasteiger partial charge in [-0.1, -0.05) is 34.1 Å². The second-order valence-corrected chi connectivity index (χ2v) is 4.20. The zero-order valence-electron chi connectivity index (χ0n) is 10.4. The number of nitrogens with zero attached hydrogens (tertiary/aromatic N) is 1. The molecular formula is C12H28N2. The first-order valence-corrected chi connectivity index (χ1v) is 6.15. The second-order valence-electron chi connectivity index (χ2n) is 4.20. The molecule has 0 bridgehead atoms. The molecule has 0 heterocycles. The summed E-state index contributed by atoms with van der Waals surface area (Å²) >= 11 is 0. The van der Waals surface area contributed by atoms with Gasteiger partial charge in [0.2, 0.25) is 0 Å². The van der Waals surface area contributed by atoms with Crippen LogP contribution in [0.4, 0.5) is 0 Å². The maximum absolute atomic E-state index is 5.87. The number of nitrogens with two attached hydrogens (primary N) is 1. The van der Waals surface area contributed by atoms with Gasteiger partial charge in [0.15, 0.2) is 0 Å². The first kappa shape index (κ1) is 13.9. The lowest BCUT2D eigenvalue weighted by Gasteiger charge is -2.34. The van der Waals surface area contributed by atoms with Crippen LogP contribution >= 0.6 is 0 Å². The fourth-order valence-corrected chi connectivity index (χ4v) is 2.23. The van der Waals surface area contributed by atoms with Gasteiger partial charge in [-0.15, -0.1) is 0 Å². The minimum absolute atomic E-state index is 0.583. The lowest BCUT2D eigenvalue weighted by molar-refractivity contribution is 0.155. The Morgan fingerprint density at radius 1 is 1.14 bits per heavy atom. The molecule has 2 unspecified atom stereocenters. The fourth-order valence-electron chi connectivity index (χ4n) is 2.23. The van der Waals surface area contributed by atoms with Gasteiger partial charge in [0, 0.05) is 12.6 Å². The van der Waals surface area contributed by atoms with Gasteiger partial charge in [0.1, 0.15) is 0 Å². The molecular weight excluding hydrogens is 172 g/mol. The first-order valence-electron chi connectivity index (χ1n) is 6.15. The maximum atomic E-state index is 5.87. The molecule has 0 fully saturated rings. The molecule has 0 saturated heterocycles. The summed E-state index contributed by atoms with van der Waals surface area (Å²) in [4.78, 5) is 2.53. The molecule has 0 aromatic rings. The van der Waals surface area contributed by atoms with Crippen LogP contribution < -0.4 is 5.73 Å². The lowest BCUT2D eigenvalue weighted by Crippen LogP contribution is -2.45. The first-order chi connectivity index (χ1) is 6.71. The number of hydrogen-bond donors (Lipinski definition) is 1. The Morgan fingerprint density at radius 2 is 1.79 bits per heavy atom. The Morgan fingerprint density at radius 3 is 2.14 bits per heavy atom. The smallest absolute Gasteiger partial charge is 0.0243 e. The highest BCUT2D eigenvalue weighted by atomic mass is 15.2. The van der Waals surface area contributed by atoms with Crippen molar-refractivity contribution < 1.29 is 0 Å². The highest BCUT2D eigenvalue weighted by Gasteiger charge is 2.20. The van der Waals surface area contributed by atoms with Crippen LogP contribution in [0.15, 0.2) is 0 Å². The van der Waals surface area contributed by atoms with Crippen LogP contribution in [0.5, 0.6) is 0 Å². The summed E-state index contributed by atoms with van der Waals surface area (Å²) in [6, 6.07) is 0.583. The summed E-state index contributed by atoms with van der Waals surface area (Å²) < 4.78 is 0. The lowest BCUT2D eigenvalue weighted by atomic mass is 9.95. The van der Waals surface area contributed by atoms with Crippen molar-refractivity contribution in [3.63, 3.8) is 0 Å². The van der Waals surface area contributed by atoms with Crippen LogP contribution in [0.2, 0.25) is 0 Å². The normalized spacial score (nSPS) is 15.9. The van der Waals surface area contributed by atoms with Crippen molar-refractivity contribution in [1.82, 2.24) is 4.90 Å². The van der Waals surface area contributed by atoms with Crippen LogP contribution in [0, 0.1) is 5.92 Å². The van der Waals surface area contributed by atoms with E-state index >= 15 is 0 Å². The van der Waals surface area contributed by atoms with E-state index in [-0.39, 0.29) is 0 Å². The third-order valence-corrected chi connectivity index (χ3v) is 3.03. The van der Waals surface area contributed by atoms with Gasteiger partial charge in [-0.2, -0.15) is 0 Å². The van der Waals surface area contributed by atoms with E-state index in [9.17, 15) is 0 Å². The number of likely N-dealkylation sites (N-methyl/N-ethyl adjacent to an activating group) is 1. The molecule has 0 aliphatic heterocycles. The average molecular weight is 200 g/mol. The molecule has 0 aliphatic rings. The van der Waals surface area contributed by atoms with Crippen LogP contribution in [-0.2, 0) is 0 Å². The Balaban J connectivity index is 4.18. The van der Waals surface area contributed by atoms with E-state index in [1.54, 1.807) is 0 Å². The third-order valence-electron chi connectivity index (χ3n) is 3.03. The maximum Gasteiger partial charge on any atom is 0.0243 e. The number of rotatable bonds is 8. The van der Waals surface area contributed by atoms with Gasteiger partial charge in [-0.25, -0.2) is 0 Å². The van der Waals surface area contributed by atoms with Crippen molar-refractivity contribution in [2.75, 3.05) is 19.6 Å². The fraction of sp³-hybridized carbons (Fsp3) is 1.00. The van der Waals surface area contributed by atoms with E-state index in [0.29, 0.717) is 6.04 Å². The average Bonchev–Trinajstić information content (AvgIpc) is 2.18. The SMILES string of the molecule is CCCC(C)C(CN)N(CC)CCC. The third kappa shape index (κ3) is 4.43. The summed E-state index contributed by atoms with van der Waals surface area (Å²) in [6.45, 7) is 12.2. The number of hydrogen-bond acceptors (Lipinski definition) is 2. The monoisotopic (exact) mass is 200 g/mol. The Kier molecular flexibility index (Phi) is 8.20. The van der Waals surface area contributed by atoms with E-state index in [0.717, 1.165) is 19.0 Å². The summed E-state index contributed by atoms with van der Waals surface area (Å²) in [5, 5.41) is 0. The minimum atomic E-state index is 0.583. The molecule has 0 saturated carbocycles. The van der Waals surface area contributed by atoms with E-state index < -0.39 is 0 Å². The summed E-state index contributed by atoms with van der Waals surface area (Å²) in [5.41, 5.74) is 5.87. The Labute approximate surface area is 89.9 Å². The molecule has 0 radical (unpaired) electrons. The molecule has 0 spiro atoms. The quantitative estimate of drug-likeness (QED) is 0.652. The van der Waals surface area contributed by atoms with Gasteiger partial charge in [-0.3, -0.25) is 4.90 Å². The predicted octanol–water partition coefficient (Wildman–Crippen LogP) is 2.48. The van der Waals surface area contributed by atoms with Gasteiger partial charge in [-0.05, 0) is 31.8 Å². The standard InChI is InChI=1S/C12H28N2/c1-5-8-11(4)12(10-13)14(7-3)9-6-2/h11-12H,5-10,13H2,1-4H3. The minimum Gasteiger partial charge on any atom is -0.329 e. The van der Waals surface area contributed by atoms with Crippen LogP contribution in [0.3, 0.4) is 0 Å². The van der Waals surface area contributed by atoms with Crippen molar-refractivity contribution in [2.24, 2.45) is 11.7 Å². The van der Waals surface area contributed by atoms with Gasteiger partial charge in [0.05, 0.1) is 0 Å². The highest BCUT2D eigenvalue weighted by molar-refractivity contribution is 4.76. The zero-order valence-corrected chi connectivity index (χ0v) is 10.4. The molecule has 86 valence electrons. The molecule has 2 heteroatoms. The van der Waals surface area contributed by atoms with Gasteiger partial charge < -0.3 is 5.73 Å². The molecule has 2 N–H and O–H groups in total. The molecule has 2 atom stereocenters. The van der Waals surface area contributed by atoms with Crippen LogP contribution in [0.1, 0.15) is 47.0 Å². The molecule has 0 rings (SSSR count). The molecule has 0 aromatic carbocycles. The Hall–Kier alpha value is -0.0800. The van der Waals surface area contributed by atoms with Gasteiger partial charge in [0.25, 0.3) is 0 Å². The summed E-state index contributed by atoms with van der Waals surface area (Å²) in [5.74, 6) is 0.733. The molecule has 14 heavy (non-hydrogen) atoms. The van der Waals surface area contributed by atoms with E-state index in [2.05, 4.69) is 32.6 Å². The van der Waals surface area contributed by atoms with Gasteiger partial charge >= 0.3 is 0 Å². The van der Waals surface area contributed by atoms with Crippen molar-refractivity contribution in [3.8, 4) is 0 Å². The zero-order chi connectivity index (χ0) is 11.0. The van der Waals surface area contributed by atoms with Crippen LogP contribution in [-0.4, -0.2) is 30.6 Å². The van der Waals surface area contributed by atoms with Crippen molar-refractivity contribution in [1.29, 1.82) is 0 Å². The second kappa shape index (κ2) is 8.25.